The van der Waals surface area contributed by atoms with E-state index >= 15 is 0 Å². The Kier molecular flexibility index (Phi) is 4.49. The Bertz CT molecular complexity index is 456. The lowest BCUT2D eigenvalue weighted by atomic mass is 10.2. The number of nitrogens with one attached hydrogen (secondary N) is 2. The first-order valence-corrected chi connectivity index (χ1v) is 6.27. The number of carbonyl (C=O) groups excluding carboxylic acids is 1. The van der Waals surface area contributed by atoms with Crippen LogP contribution in [0.3, 0.4) is 0 Å². The molecule has 0 spiro atoms. The standard InChI is InChI=1S/C13H15F3N2O2/c14-13(15,16)20-11-5-1-9(2-6-11)7-18-12(19)8-17-10-3-4-10/h1-2,5-6,10,17H,3-4,7-8H2,(H,18,19). The van der Waals surface area contributed by atoms with E-state index in [-0.39, 0.29) is 24.7 Å². The van der Waals surface area contributed by atoms with Crippen LogP contribution < -0.4 is 15.4 Å². The zero-order valence-electron chi connectivity index (χ0n) is 10.7. The van der Waals surface area contributed by atoms with Gasteiger partial charge in [0.05, 0.1) is 6.54 Å². The van der Waals surface area contributed by atoms with Gasteiger partial charge in [-0.1, -0.05) is 12.1 Å². The molecular weight excluding hydrogens is 273 g/mol. The van der Waals surface area contributed by atoms with Crippen molar-refractivity contribution in [2.24, 2.45) is 0 Å². The Morgan fingerprint density at radius 3 is 2.45 bits per heavy atom. The first-order valence-electron chi connectivity index (χ1n) is 6.27. The summed E-state index contributed by atoms with van der Waals surface area (Å²) < 4.78 is 39.7. The highest BCUT2D eigenvalue weighted by molar-refractivity contribution is 5.78. The van der Waals surface area contributed by atoms with Crippen molar-refractivity contribution in [3.8, 4) is 5.75 Å². The smallest absolute Gasteiger partial charge is 0.406 e. The van der Waals surface area contributed by atoms with Crippen LogP contribution in [0.5, 0.6) is 5.75 Å². The van der Waals surface area contributed by atoms with Gasteiger partial charge in [-0.25, -0.2) is 0 Å². The SMILES string of the molecule is O=C(CNC1CC1)NCc1ccc(OC(F)(F)F)cc1. The van der Waals surface area contributed by atoms with E-state index in [0.717, 1.165) is 12.8 Å². The zero-order chi connectivity index (χ0) is 14.6. The van der Waals surface area contributed by atoms with Gasteiger partial charge in [-0.2, -0.15) is 0 Å². The summed E-state index contributed by atoms with van der Waals surface area (Å²) in [7, 11) is 0. The number of amides is 1. The second-order valence-electron chi connectivity index (χ2n) is 4.62. The third-order valence-electron chi connectivity index (χ3n) is 2.78. The molecule has 0 radical (unpaired) electrons. The van der Waals surface area contributed by atoms with E-state index in [0.29, 0.717) is 11.6 Å². The van der Waals surface area contributed by atoms with Crippen molar-refractivity contribution in [3.05, 3.63) is 29.8 Å². The van der Waals surface area contributed by atoms with Gasteiger partial charge in [0.1, 0.15) is 5.75 Å². The summed E-state index contributed by atoms with van der Waals surface area (Å²) in [4.78, 5) is 11.5. The van der Waals surface area contributed by atoms with Crippen LogP contribution in [0, 0.1) is 0 Å². The number of hydrogen-bond donors (Lipinski definition) is 2. The van der Waals surface area contributed by atoms with E-state index in [1.165, 1.54) is 24.3 Å². The Balaban J connectivity index is 1.73. The van der Waals surface area contributed by atoms with E-state index in [9.17, 15) is 18.0 Å². The molecule has 1 amide bonds. The van der Waals surface area contributed by atoms with Crippen LogP contribution in [0.25, 0.3) is 0 Å². The van der Waals surface area contributed by atoms with Crippen molar-refractivity contribution < 1.29 is 22.7 Å². The minimum absolute atomic E-state index is 0.132. The average molecular weight is 288 g/mol. The predicted octanol–water partition coefficient (Wildman–Crippen LogP) is 1.95. The molecule has 0 aromatic heterocycles. The fourth-order valence-electron chi connectivity index (χ4n) is 1.60. The summed E-state index contributed by atoms with van der Waals surface area (Å²) in [6.07, 6.45) is -2.48. The van der Waals surface area contributed by atoms with E-state index in [1.54, 1.807) is 0 Å². The molecule has 0 saturated heterocycles. The van der Waals surface area contributed by atoms with Gasteiger partial charge in [0, 0.05) is 12.6 Å². The van der Waals surface area contributed by atoms with E-state index in [4.69, 9.17) is 0 Å². The van der Waals surface area contributed by atoms with Gasteiger partial charge >= 0.3 is 6.36 Å². The van der Waals surface area contributed by atoms with Gasteiger partial charge in [-0.3, -0.25) is 4.79 Å². The number of alkyl halides is 3. The molecule has 1 fully saturated rings. The lowest BCUT2D eigenvalue weighted by Gasteiger charge is -2.10. The molecule has 1 saturated carbocycles. The molecule has 7 heteroatoms. The summed E-state index contributed by atoms with van der Waals surface area (Å²) in [6, 6.07) is 5.86. The van der Waals surface area contributed by atoms with E-state index < -0.39 is 6.36 Å². The maximum absolute atomic E-state index is 12.0. The third-order valence-corrected chi connectivity index (χ3v) is 2.78. The Labute approximate surface area is 114 Å². The number of benzene rings is 1. The minimum Gasteiger partial charge on any atom is -0.406 e. The Morgan fingerprint density at radius 2 is 1.90 bits per heavy atom. The molecule has 0 unspecified atom stereocenters. The van der Waals surface area contributed by atoms with Crippen molar-refractivity contribution in [2.45, 2.75) is 31.8 Å². The van der Waals surface area contributed by atoms with Gasteiger partial charge in [-0.15, -0.1) is 13.2 Å². The molecular formula is C13H15F3N2O2. The maximum Gasteiger partial charge on any atom is 0.573 e. The molecule has 2 N–H and O–H groups in total. The van der Waals surface area contributed by atoms with E-state index in [2.05, 4.69) is 15.4 Å². The molecule has 0 aliphatic heterocycles. The van der Waals surface area contributed by atoms with Crippen LogP contribution in [0.15, 0.2) is 24.3 Å². The quantitative estimate of drug-likeness (QED) is 0.841. The molecule has 1 aliphatic carbocycles. The molecule has 20 heavy (non-hydrogen) atoms. The van der Waals surface area contributed by atoms with Crippen molar-refractivity contribution in [3.63, 3.8) is 0 Å². The molecule has 110 valence electrons. The summed E-state index contributed by atoms with van der Waals surface area (Å²) >= 11 is 0. The molecule has 1 aromatic carbocycles. The lowest BCUT2D eigenvalue weighted by Crippen LogP contribution is -2.34. The normalized spacial score (nSPS) is 14.9. The fourth-order valence-corrected chi connectivity index (χ4v) is 1.60. The zero-order valence-corrected chi connectivity index (χ0v) is 10.7. The highest BCUT2D eigenvalue weighted by Gasteiger charge is 2.30. The topological polar surface area (TPSA) is 50.4 Å². The van der Waals surface area contributed by atoms with Crippen LogP contribution in [-0.4, -0.2) is 24.9 Å². The second kappa shape index (κ2) is 6.13. The first kappa shape index (κ1) is 14.6. The number of carbonyl (C=O) groups is 1. The van der Waals surface area contributed by atoms with Crippen LogP contribution in [0.4, 0.5) is 13.2 Å². The number of ether oxygens (including phenoxy) is 1. The molecule has 1 aliphatic rings. The van der Waals surface area contributed by atoms with Gasteiger partial charge in [0.25, 0.3) is 0 Å². The first-order chi connectivity index (χ1) is 9.42. The van der Waals surface area contributed by atoms with E-state index in [1.807, 2.05) is 0 Å². The van der Waals surface area contributed by atoms with Crippen LogP contribution in [0.2, 0.25) is 0 Å². The molecule has 0 atom stereocenters. The summed E-state index contributed by atoms with van der Waals surface area (Å²) in [5.74, 6) is -0.407. The third kappa shape index (κ3) is 5.48. The number of rotatable bonds is 6. The average Bonchev–Trinajstić information content (AvgIpc) is 3.17. The van der Waals surface area contributed by atoms with Gasteiger partial charge in [0.15, 0.2) is 0 Å². The minimum atomic E-state index is -4.69. The highest BCUT2D eigenvalue weighted by atomic mass is 19.4. The number of halogens is 3. The summed E-state index contributed by atoms with van der Waals surface area (Å²) in [5.41, 5.74) is 0.708. The summed E-state index contributed by atoms with van der Waals surface area (Å²) in [5, 5.41) is 5.76. The van der Waals surface area contributed by atoms with Gasteiger partial charge in [-0.05, 0) is 30.5 Å². The van der Waals surface area contributed by atoms with Crippen LogP contribution in [-0.2, 0) is 11.3 Å². The molecule has 2 rings (SSSR count). The molecule has 4 nitrogen and oxygen atoms in total. The maximum atomic E-state index is 12.0. The lowest BCUT2D eigenvalue weighted by molar-refractivity contribution is -0.274. The molecule has 0 bridgehead atoms. The molecule has 0 heterocycles. The molecule has 1 aromatic rings. The second-order valence-corrected chi connectivity index (χ2v) is 4.62. The highest BCUT2D eigenvalue weighted by Crippen LogP contribution is 2.22. The fraction of sp³-hybridized carbons (Fsp3) is 0.462. The largest absolute Gasteiger partial charge is 0.573 e. The van der Waals surface area contributed by atoms with Crippen molar-refractivity contribution in [1.29, 1.82) is 0 Å². The van der Waals surface area contributed by atoms with Crippen molar-refractivity contribution in [2.75, 3.05) is 6.54 Å². The predicted molar refractivity (Wildman–Crippen MR) is 66.0 cm³/mol. The van der Waals surface area contributed by atoms with Gasteiger partial charge in [0.2, 0.25) is 5.91 Å². The van der Waals surface area contributed by atoms with Crippen molar-refractivity contribution >= 4 is 5.91 Å². The number of hydrogen-bond acceptors (Lipinski definition) is 3. The van der Waals surface area contributed by atoms with Crippen molar-refractivity contribution in [1.82, 2.24) is 10.6 Å². The van der Waals surface area contributed by atoms with Crippen LogP contribution >= 0.6 is 0 Å². The summed E-state index contributed by atoms with van der Waals surface area (Å²) in [6.45, 7) is 0.539. The Hall–Kier alpha value is -1.76. The van der Waals surface area contributed by atoms with Crippen LogP contribution in [0.1, 0.15) is 18.4 Å². The monoisotopic (exact) mass is 288 g/mol. The Morgan fingerprint density at radius 1 is 1.25 bits per heavy atom. The van der Waals surface area contributed by atoms with Gasteiger partial charge < -0.3 is 15.4 Å².